The second-order valence-corrected chi connectivity index (χ2v) is 5.90. The number of rotatable bonds is 5. The summed E-state index contributed by atoms with van der Waals surface area (Å²) in [5.41, 5.74) is 0. The Labute approximate surface area is 97.4 Å². The SMILES string of the molecule is C=CCS(=O)(=O)N1CCCN(CCO)CC1. The van der Waals surface area contributed by atoms with E-state index < -0.39 is 10.0 Å². The van der Waals surface area contributed by atoms with Crippen LogP contribution < -0.4 is 0 Å². The number of hydrogen-bond acceptors (Lipinski definition) is 4. The van der Waals surface area contributed by atoms with E-state index in [2.05, 4.69) is 11.5 Å². The molecule has 0 amide bonds. The van der Waals surface area contributed by atoms with E-state index in [1.165, 1.54) is 10.4 Å². The predicted molar refractivity (Wildman–Crippen MR) is 63.7 cm³/mol. The highest BCUT2D eigenvalue weighted by Gasteiger charge is 2.23. The minimum atomic E-state index is -3.17. The van der Waals surface area contributed by atoms with Crippen molar-refractivity contribution in [1.29, 1.82) is 0 Å². The molecule has 6 heteroatoms. The Morgan fingerprint density at radius 1 is 1.25 bits per heavy atom. The summed E-state index contributed by atoms with van der Waals surface area (Å²) in [7, 11) is -3.17. The van der Waals surface area contributed by atoms with Crippen molar-refractivity contribution >= 4 is 10.0 Å². The molecule has 1 saturated heterocycles. The molecule has 0 aromatic rings. The van der Waals surface area contributed by atoms with Gasteiger partial charge in [0.2, 0.25) is 10.0 Å². The number of β-amino-alcohol motifs (C(OH)–C–C–N with tert-alkyl or cyclic N) is 1. The van der Waals surface area contributed by atoms with E-state index in [0.29, 0.717) is 26.2 Å². The van der Waals surface area contributed by atoms with E-state index in [-0.39, 0.29) is 12.4 Å². The van der Waals surface area contributed by atoms with Gasteiger partial charge in [0.1, 0.15) is 0 Å². The summed E-state index contributed by atoms with van der Waals surface area (Å²) in [5, 5.41) is 8.83. The van der Waals surface area contributed by atoms with Gasteiger partial charge in [0.25, 0.3) is 0 Å². The number of hydrogen-bond donors (Lipinski definition) is 1. The number of nitrogens with zero attached hydrogens (tertiary/aromatic N) is 2. The van der Waals surface area contributed by atoms with Crippen molar-refractivity contribution in [2.24, 2.45) is 0 Å². The summed E-state index contributed by atoms with van der Waals surface area (Å²) in [6.45, 7) is 6.82. The molecular formula is C10H20N2O3S. The minimum absolute atomic E-state index is 0.00694. The summed E-state index contributed by atoms with van der Waals surface area (Å²) < 4.78 is 25.1. The van der Waals surface area contributed by atoms with Gasteiger partial charge in [-0.15, -0.1) is 6.58 Å². The third-order valence-corrected chi connectivity index (χ3v) is 4.49. The zero-order valence-electron chi connectivity index (χ0n) is 9.51. The first-order valence-corrected chi connectivity index (χ1v) is 7.13. The van der Waals surface area contributed by atoms with Crippen molar-refractivity contribution in [3.8, 4) is 0 Å². The van der Waals surface area contributed by atoms with Gasteiger partial charge in [0, 0.05) is 26.2 Å². The molecule has 0 spiro atoms. The molecule has 1 aliphatic heterocycles. The lowest BCUT2D eigenvalue weighted by atomic mass is 10.4. The van der Waals surface area contributed by atoms with Crippen molar-refractivity contribution in [2.45, 2.75) is 6.42 Å². The quantitative estimate of drug-likeness (QED) is 0.667. The molecule has 0 aromatic carbocycles. The van der Waals surface area contributed by atoms with Crippen LogP contribution in [0.1, 0.15) is 6.42 Å². The fourth-order valence-electron chi connectivity index (χ4n) is 1.84. The van der Waals surface area contributed by atoms with Gasteiger partial charge in [-0.1, -0.05) is 6.08 Å². The molecule has 1 aliphatic rings. The van der Waals surface area contributed by atoms with Crippen LogP contribution in [0.25, 0.3) is 0 Å². The highest BCUT2D eigenvalue weighted by molar-refractivity contribution is 7.89. The van der Waals surface area contributed by atoms with Gasteiger partial charge < -0.3 is 5.11 Å². The van der Waals surface area contributed by atoms with E-state index in [1.807, 2.05) is 0 Å². The zero-order valence-corrected chi connectivity index (χ0v) is 10.3. The maximum absolute atomic E-state index is 11.8. The van der Waals surface area contributed by atoms with Crippen molar-refractivity contribution < 1.29 is 13.5 Å². The highest BCUT2D eigenvalue weighted by Crippen LogP contribution is 2.08. The molecular weight excluding hydrogens is 228 g/mol. The molecule has 16 heavy (non-hydrogen) atoms. The molecule has 0 aliphatic carbocycles. The Morgan fingerprint density at radius 2 is 2.00 bits per heavy atom. The number of sulfonamides is 1. The Morgan fingerprint density at radius 3 is 2.62 bits per heavy atom. The van der Waals surface area contributed by atoms with Gasteiger partial charge >= 0.3 is 0 Å². The van der Waals surface area contributed by atoms with Gasteiger partial charge in [0.05, 0.1) is 12.4 Å². The lowest BCUT2D eigenvalue weighted by molar-refractivity contribution is 0.202. The molecule has 94 valence electrons. The molecule has 1 rings (SSSR count). The lowest BCUT2D eigenvalue weighted by Gasteiger charge is -2.20. The predicted octanol–water partition coefficient (Wildman–Crippen LogP) is -0.498. The summed E-state index contributed by atoms with van der Waals surface area (Å²) in [6, 6.07) is 0. The molecule has 5 nitrogen and oxygen atoms in total. The fourth-order valence-corrected chi connectivity index (χ4v) is 3.12. The lowest BCUT2D eigenvalue weighted by Crippen LogP contribution is -2.36. The first kappa shape index (κ1) is 13.6. The zero-order chi connectivity index (χ0) is 12.0. The van der Waals surface area contributed by atoms with Crippen LogP contribution >= 0.6 is 0 Å². The largest absolute Gasteiger partial charge is 0.395 e. The standard InChI is InChI=1S/C10H20N2O3S/c1-2-10-16(14,15)12-5-3-4-11(6-7-12)8-9-13/h2,13H,1,3-10H2. The second-order valence-electron chi connectivity index (χ2n) is 3.89. The normalized spacial score (nSPS) is 20.6. The summed E-state index contributed by atoms with van der Waals surface area (Å²) in [4.78, 5) is 2.09. The smallest absolute Gasteiger partial charge is 0.217 e. The maximum Gasteiger partial charge on any atom is 0.217 e. The van der Waals surface area contributed by atoms with E-state index in [1.54, 1.807) is 0 Å². The van der Waals surface area contributed by atoms with E-state index in [4.69, 9.17) is 5.11 Å². The third-order valence-electron chi connectivity index (χ3n) is 2.69. The molecule has 1 heterocycles. The van der Waals surface area contributed by atoms with Crippen LogP contribution in [0.3, 0.4) is 0 Å². The molecule has 1 N–H and O–H groups in total. The minimum Gasteiger partial charge on any atom is -0.395 e. The molecule has 1 fully saturated rings. The summed E-state index contributed by atoms with van der Waals surface area (Å²) in [5.74, 6) is 0.00694. The maximum atomic E-state index is 11.8. The molecule has 0 aromatic heterocycles. The van der Waals surface area contributed by atoms with Crippen LogP contribution in [0.15, 0.2) is 12.7 Å². The molecule has 0 bridgehead atoms. The van der Waals surface area contributed by atoms with Crippen LogP contribution in [-0.2, 0) is 10.0 Å². The van der Waals surface area contributed by atoms with E-state index in [0.717, 1.165) is 13.0 Å². The highest BCUT2D eigenvalue weighted by atomic mass is 32.2. The Kier molecular flexibility index (Phi) is 5.40. The monoisotopic (exact) mass is 248 g/mol. The number of aliphatic hydroxyl groups is 1. The Hall–Kier alpha value is -0.430. The second kappa shape index (κ2) is 6.34. The topological polar surface area (TPSA) is 60.9 Å². The Bertz CT molecular complexity index is 316. The van der Waals surface area contributed by atoms with Gasteiger partial charge in [-0.2, -0.15) is 0 Å². The average Bonchev–Trinajstić information content (AvgIpc) is 2.44. The third kappa shape index (κ3) is 3.86. The van der Waals surface area contributed by atoms with Gasteiger partial charge in [-0.05, 0) is 13.0 Å². The van der Waals surface area contributed by atoms with Crippen LogP contribution in [0.5, 0.6) is 0 Å². The number of aliphatic hydroxyl groups excluding tert-OH is 1. The first-order chi connectivity index (χ1) is 7.60. The van der Waals surface area contributed by atoms with Gasteiger partial charge in [0.15, 0.2) is 0 Å². The summed E-state index contributed by atoms with van der Waals surface area (Å²) >= 11 is 0. The van der Waals surface area contributed by atoms with Crippen LogP contribution in [0.4, 0.5) is 0 Å². The first-order valence-electron chi connectivity index (χ1n) is 5.52. The van der Waals surface area contributed by atoms with Crippen molar-refractivity contribution in [3.63, 3.8) is 0 Å². The van der Waals surface area contributed by atoms with Crippen molar-refractivity contribution in [3.05, 3.63) is 12.7 Å². The van der Waals surface area contributed by atoms with Gasteiger partial charge in [-0.25, -0.2) is 12.7 Å². The Balaban J connectivity index is 2.56. The van der Waals surface area contributed by atoms with Crippen molar-refractivity contribution in [1.82, 2.24) is 9.21 Å². The van der Waals surface area contributed by atoms with Crippen LogP contribution in [0.2, 0.25) is 0 Å². The van der Waals surface area contributed by atoms with E-state index in [9.17, 15) is 8.42 Å². The van der Waals surface area contributed by atoms with Gasteiger partial charge in [-0.3, -0.25) is 4.90 Å². The fraction of sp³-hybridized carbons (Fsp3) is 0.800. The average molecular weight is 248 g/mol. The molecule has 0 unspecified atom stereocenters. The molecule has 0 radical (unpaired) electrons. The van der Waals surface area contributed by atoms with Crippen molar-refractivity contribution in [2.75, 3.05) is 45.1 Å². The van der Waals surface area contributed by atoms with Crippen LogP contribution in [0, 0.1) is 0 Å². The van der Waals surface area contributed by atoms with Crippen LogP contribution in [-0.4, -0.2) is 67.8 Å². The summed E-state index contributed by atoms with van der Waals surface area (Å²) in [6.07, 6.45) is 2.24. The van der Waals surface area contributed by atoms with E-state index >= 15 is 0 Å². The molecule has 0 saturated carbocycles. The molecule has 0 atom stereocenters.